The van der Waals surface area contributed by atoms with E-state index >= 15 is 0 Å². The topological polar surface area (TPSA) is 38.7 Å². The molecule has 3 nitrogen and oxygen atoms in total. The molecular weight excluding hydrogens is 228 g/mol. The molecule has 2 heterocycles. The van der Waals surface area contributed by atoms with Gasteiger partial charge in [-0.15, -0.1) is 0 Å². The van der Waals surface area contributed by atoms with E-state index in [-0.39, 0.29) is 17.6 Å². The monoisotopic (exact) mass is 248 g/mol. The quantitative estimate of drug-likeness (QED) is 0.873. The van der Waals surface area contributed by atoms with Crippen molar-refractivity contribution >= 4 is 0 Å². The van der Waals surface area contributed by atoms with Crippen LogP contribution < -0.4 is 0 Å². The van der Waals surface area contributed by atoms with Gasteiger partial charge in [-0.05, 0) is 24.3 Å². The molecule has 2 aliphatic heterocycles. The molecule has 3 atom stereocenters. The Hall–Kier alpha value is -0.900. The largest absolute Gasteiger partial charge is 0.388 e. The van der Waals surface area contributed by atoms with E-state index < -0.39 is 0 Å². The minimum Gasteiger partial charge on any atom is -0.388 e. The van der Waals surface area contributed by atoms with Gasteiger partial charge in [0.1, 0.15) is 0 Å². The SMILES string of the molecule is OC(c1ccccc1)C1CCOC2(CCOC2)C1. The molecule has 3 unspecified atom stereocenters. The molecule has 18 heavy (non-hydrogen) atoms. The molecule has 0 saturated carbocycles. The van der Waals surface area contributed by atoms with Gasteiger partial charge >= 0.3 is 0 Å². The summed E-state index contributed by atoms with van der Waals surface area (Å²) in [7, 11) is 0. The van der Waals surface area contributed by atoms with Gasteiger partial charge in [-0.1, -0.05) is 30.3 Å². The molecule has 1 N–H and O–H groups in total. The number of aliphatic hydroxyl groups is 1. The van der Waals surface area contributed by atoms with Gasteiger partial charge in [-0.3, -0.25) is 0 Å². The first kappa shape index (κ1) is 12.2. The molecule has 2 fully saturated rings. The average molecular weight is 248 g/mol. The fourth-order valence-corrected chi connectivity index (χ4v) is 3.12. The van der Waals surface area contributed by atoms with Crippen LogP contribution in [0.1, 0.15) is 30.9 Å². The summed E-state index contributed by atoms with van der Waals surface area (Å²) in [6.45, 7) is 2.21. The van der Waals surface area contributed by atoms with Crippen LogP contribution in [0, 0.1) is 5.92 Å². The van der Waals surface area contributed by atoms with Gasteiger partial charge in [0.2, 0.25) is 0 Å². The zero-order valence-corrected chi connectivity index (χ0v) is 10.5. The van der Waals surface area contributed by atoms with E-state index in [0.29, 0.717) is 6.61 Å². The molecule has 1 spiro atoms. The van der Waals surface area contributed by atoms with Crippen molar-refractivity contribution in [2.24, 2.45) is 5.92 Å². The number of aliphatic hydroxyl groups excluding tert-OH is 1. The third-order valence-electron chi connectivity index (χ3n) is 4.19. The van der Waals surface area contributed by atoms with Crippen LogP contribution in [0.3, 0.4) is 0 Å². The van der Waals surface area contributed by atoms with Crippen LogP contribution in [-0.2, 0) is 9.47 Å². The maximum Gasteiger partial charge on any atom is 0.0940 e. The smallest absolute Gasteiger partial charge is 0.0940 e. The molecule has 1 aromatic rings. The summed E-state index contributed by atoms with van der Waals surface area (Å²) in [6, 6.07) is 9.93. The molecule has 98 valence electrons. The van der Waals surface area contributed by atoms with Crippen molar-refractivity contribution in [3.05, 3.63) is 35.9 Å². The fraction of sp³-hybridized carbons (Fsp3) is 0.600. The van der Waals surface area contributed by atoms with Crippen molar-refractivity contribution < 1.29 is 14.6 Å². The highest BCUT2D eigenvalue weighted by Crippen LogP contribution is 2.40. The second kappa shape index (κ2) is 5.00. The van der Waals surface area contributed by atoms with Crippen molar-refractivity contribution in [3.8, 4) is 0 Å². The lowest BCUT2D eigenvalue weighted by atomic mass is 9.80. The van der Waals surface area contributed by atoms with Crippen molar-refractivity contribution in [1.82, 2.24) is 0 Å². The van der Waals surface area contributed by atoms with E-state index in [9.17, 15) is 5.11 Å². The van der Waals surface area contributed by atoms with Crippen LogP contribution in [0.5, 0.6) is 0 Å². The lowest BCUT2D eigenvalue weighted by Crippen LogP contribution is -2.41. The van der Waals surface area contributed by atoms with E-state index in [1.54, 1.807) is 0 Å². The molecule has 0 bridgehead atoms. The minimum atomic E-state index is -0.382. The highest BCUT2D eigenvalue weighted by molar-refractivity contribution is 5.18. The van der Waals surface area contributed by atoms with E-state index in [1.807, 2.05) is 30.3 Å². The van der Waals surface area contributed by atoms with Gasteiger partial charge < -0.3 is 14.6 Å². The van der Waals surface area contributed by atoms with Crippen LogP contribution >= 0.6 is 0 Å². The maximum atomic E-state index is 10.5. The highest BCUT2D eigenvalue weighted by Gasteiger charge is 2.42. The molecule has 0 radical (unpaired) electrons. The van der Waals surface area contributed by atoms with Crippen molar-refractivity contribution in [3.63, 3.8) is 0 Å². The van der Waals surface area contributed by atoms with Crippen LogP contribution in [-0.4, -0.2) is 30.5 Å². The van der Waals surface area contributed by atoms with E-state index in [4.69, 9.17) is 9.47 Å². The highest BCUT2D eigenvalue weighted by atomic mass is 16.6. The van der Waals surface area contributed by atoms with Gasteiger partial charge in [0.25, 0.3) is 0 Å². The summed E-state index contributed by atoms with van der Waals surface area (Å²) in [5.74, 6) is 0.280. The van der Waals surface area contributed by atoms with Gasteiger partial charge in [0.15, 0.2) is 0 Å². The number of rotatable bonds is 2. The zero-order chi connectivity index (χ0) is 12.4. The van der Waals surface area contributed by atoms with Gasteiger partial charge in [0, 0.05) is 19.6 Å². The van der Waals surface area contributed by atoms with Crippen molar-refractivity contribution in [2.45, 2.75) is 31.0 Å². The standard InChI is InChI=1S/C15H20O3/c16-14(12-4-2-1-3-5-12)13-6-8-18-15(10-13)7-9-17-11-15/h1-5,13-14,16H,6-11H2. The fourth-order valence-electron chi connectivity index (χ4n) is 3.12. The number of benzene rings is 1. The Morgan fingerprint density at radius 1 is 1.22 bits per heavy atom. The zero-order valence-electron chi connectivity index (χ0n) is 10.5. The summed E-state index contributed by atoms with van der Waals surface area (Å²) in [5.41, 5.74) is 0.886. The summed E-state index contributed by atoms with van der Waals surface area (Å²) >= 11 is 0. The van der Waals surface area contributed by atoms with Gasteiger partial charge in [-0.25, -0.2) is 0 Å². The molecule has 0 aromatic heterocycles. The van der Waals surface area contributed by atoms with E-state index in [0.717, 1.165) is 38.0 Å². The molecular formula is C15H20O3. The molecule has 3 heteroatoms. The Morgan fingerprint density at radius 2 is 2.06 bits per heavy atom. The Balaban J connectivity index is 1.72. The summed E-state index contributed by atoms with van der Waals surface area (Å²) in [6.07, 6.45) is 2.42. The van der Waals surface area contributed by atoms with Crippen LogP contribution in [0.15, 0.2) is 30.3 Å². The van der Waals surface area contributed by atoms with E-state index in [1.165, 1.54) is 0 Å². The summed E-state index contributed by atoms with van der Waals surface area (Å²) < 4.78 is 11.4. The number of hydrogen-bond acceptors (Lipinski definition) is 3. The van der Waals surface area contributed by atoms with E-state index in [2.05, 4.69) is 0 Å². The lowest BCUT2D eigenvalue weighted by Gasteiger charge is -2.39. The molecule has 2 saturated heterocycles. The Bertz CT molecular complexity index is 384. The Labute approximate surface area is 108 Å². The van der Waals surface area contributed by atoms with Crippen molar-refractivity contribution in [2.75, 3.05) is 19.8 Å². The van der Waals surface area contributed by atoms with Crippen molar-refractivity contribution in [1.29, 1.82) is 0 Å². The predicted molar refractivity (Wildman–Crippen MR) is 68.2 cm³/mol. The van der Waals surface area contributed by atoms with Crippen LogP contribution in [0.4, 0.5) is 0 Å². The molecule has 0 amide bonds. The molecule has 0 aliphatic carbocycles. The van der Waals surface area contributed by atoms with Crippen LogP contribution in [0.2, 0.25) is 0 Å². The molecule has 1 aromatic carbocycles. The Morgan fingerprint density at radius 3 is 2.78 bits per heavy atom. The number of hydrogen-bond donors (Lipinski definition) is 1. The van der Waals surface area contributed by atoms with Crippen LogP contribution in [0.25, 0.3) is 0 Å². The first-order valence-corrected chi connectivity index (χ1v) is 6.74. The second-order valence-electron chi connectivity index (χ2n) is 5.44. The summed E-state index contributed by atoms with van der Waals surface area (Å²) in [4.78, 5) is 0. The maximum absolute atomic E-state index is 10.5. The van der Waals surface area contributed by atoms with Gasteiger partial charge in [0.05, 0.1) is 18.3 Å². The Kier molecular flexibility index (Phi) is 3.37. The molecule has 3 rings (SSSR count). The average Bonchev–Trinajstić information content (AvgIpc) is 2.87. The molecule has 2 aliphatic rings. The first-order valence-electron chi connectivity index (χ1n) is 6.74. The second-order valence-corrected chi connectivity index (χ2v) is 5.44. The summed E-state index contributed by atoms with van der Waals surface area (Å²) in [5, 5.41) is 10.5. The lowest BCUT2D eigenvalue weighted by molar-refractivity contribution is -0.117. The first-order chi connectivity index (χ1) is 8.79. The normalized spacial score (nSPS) is 33.7. The van der Waals surface area contributed by atoms with Gasteiger partial charge in [-0.2, -0.15) is 0 Å². The third kappa shape index (κ3) is 2.30. The minimum absolute atomic E-state index is 0.126. The third-order valence-corrected chi connectivity index (χ3v) is 4.19. The number of ether oxygens (including phenoxy) is 2. The predicted octanol–water partition coefficient (Wildman–Crippen LogP) is 2.31.